The summed E-state index contributed by atoms with van der Waals surface area (Å²) in [5.41, 5.74) is 9.28. The minimum atomic E-state index is 0.209. The predicted molar refractivity (Wildman–Crippen MR) is 161 cm³/mol. The smallest absolute Gasteiger partial charge is 0.135 e. The number of benzene rings is 4. The van der Waals surface area contributed by atoms with Gasteiger partial charge in [-0.1, -0.05) is 97.1 Å². The van der Waals surface area contributed by atoms with Gasteiger partial charge in [-0.05, 0) is 47.9 Å². The Hall–Kier alpha value is -5.02. The van der Waals surface area contributed by atoms with Crippen molar-refractivity contribution in [3.63, 3.8) is 0 Å². The molecule has 0 radical (unpaired) electrons. The van der Waals surface area contributed by atoms with Crippen molar-refractivity contribution in [3.05, 3.63) is 139 Å². The first kappa shape index (κ1) is 22.0. The number of furan rings is 1. The quantitative estimate of drug-likeness (QED) is 0.227. The number of pyridine rings is 2. The monoisotopic (exact) mass is 500 g/mol. The van der Waals surface area contributed by atoms with Crippen molar-refractivity contribution in [1.82, 2.24) is 9.97 Å². The topological polar surface area (TPSA) is 38.9 Å². The van der Waals surface area contributed by atoms with Crippen LogP contribution in [0.2, 0.25) is 0 Å². The van der Waals surface area contributed by atoms with Crippen LogP contribution >= 0.6 is 0 Å². The van der Waals surface area contributed by atoms with Gasteiger partial charge in [-0.25, -0.2) is 9.97 Å². The molecule has 0 saturated carbocycles. The molecule has 0 N–H and O–H groups in total. The molecule has 3 heteroatoms. The number of allylic oxidation sites excluding steroid dienone is 4. The fourth-order valence-electron chi connectivity index (χ4n) is 5.87. The van der Waals surface area contributed by atoms with Crippen molar-refractivity contribution in [1.29, 1.82) is 0 Å². The van der Waals surface area contributed by atoms with E-state index in [0.717, 1.165) is 67.1 Å². The Morgan fingerprint density at radius 2 is 1.31 bits per heavy atom. The van der Waals surface area contributed by atoms with Crippen LogP contribution in [-0.2, 0) is 0 Å². The van der Waals surface area contributed by atoms with E-state index in [9.17, 15) is 0 Å². The molecule has 8 rings (SSSR count). The predicted octanol–water partition coefficient (Wildman–Crippen LogP) is 9.48. The average molecular weight is 501 g/mol. The van der Waals surface area contributed by atoms with Crippen LogP contribution in [-0.4, -0.2) is 9.97 Å². The molecule has 184 valence electrons. The minimum Gasteiger partial charge on any atom is -0.456 e. The molecule has 0 aliphatic heterocycles. The molecule has 0 fully saturated rings. The SMILES string of the molecule is C1=CCC(c2ccc3oc4ccccc4c3c2)C(c2ccc3ccc4ccc(-c5ccccc5)nc4c3n2)=C1. The maximum absolute atomic E-state index is 6.09. The molecule has 39 heavy (non-hydrogen) atoms. The lowest BCUT2D eigenvalue weighted by atomic mass is 9.83. The standard InChI is InChI=1S/C36H24N2O/c1-2-8-23(9-3-1)31-19-16-24-14-15-25-17-20-32(38-36(25)35(24)37-31)28-11-5-4-10-27(28)26-18-21-34-30(22-26)29-12-6-7-13-33(29)39-34/h1-9,11-22,27H,10H2. The summed E-state index contributed by atoms with van der Waals surface area (Å²) >= 11 is 0. The lowest BCUT2D eigenvalue weighted by Gasteiger charge is -2.22. The van der Waals surface area contributed by atoms with E-state index in [4.69, 9.17) is 14.4 Å². The van der Waals surface area contributed by atoms with Crippen LogP contribution in [0.4, 0.5) is 0 Å². The second kappa shape index (κ2) is 8.78. The fourth-order valence-corrected chi connectivity index (χ4v) is 5.87. The molecular formula is C36H24N2O. The highest BCUT2D eigenvalue weighted by Gasteiger charge is 2.22. The van der Waals surface area contributed by atoms with Crippen molar-refractivity contribution in [2.24, 2.45) is 0 Å². The molecule has 0 amide bonds. The largest absolute Gasteiger partial charge is 0.456 e. The molecule has 1 unspecified atom stereocenters. The van der Waals surface area contributed by atoms with E-state index in [-0.39, 0.29) is 5.92 Å². The van der Waals surface area contributed by atoms with E-state index in [1.54, 1.807) is 0 Å². The Balaban J connectivity index is 1.26. The molecule has 3 heterocycles. The van der Waals surface area contributed by atoms with Crippen LogP contribution in [0.5, 0.6) is 0 Å². The average Bonchev–Trinajstić information content (AvgIpc) is 3.39. The van der Waals surface area contributed by atoms with Crippen molar-refractivity contribution in [3.8, 4) is 11.3 Å². The van der Waals surface area contributed by atoms with Gasteiger partial charge in [0.25, 0.3) is 0 Å². The summed E-state index contributed by atoms with van der Waals surface area (Å²) < 4.78 is 6.09. The minimum absolute atomic E-state index is 0.209. The second-order valence-corrected chi connectivity index (χ2v) is 10.2. The summed E-state index contributed by atoms with van der Waals surface area (Å²) in [6, 6.07) is 38.0. The van der Waals surface area contributed by atoms with E-state index in [1.807, 2.05) is 30.3 Å². The lowest BCUT2D eigenvalue weighted by Crippen LogP contribution is -2.05. The van der Waals surface area contributed by atoms with Crippen LogP contribution < -0.4 is 0 Å². The first-order valence-electron chi connectivity index (χ1n) is 13.4. The summed E-state index contributed by atoms with van der Waals surface area (Å²) in [4.78, 5) is 10.3. The third kappa shape index (κ3) is 3.66. The molecule has 1 atom stereocenters. The van der Waals surface area contributed by atoms with Gasteiger partial charge in [-0.3, -0.25) is 0 Å². The third-order valence-corrected chi connectivity index (χ3v) is 7.85. The highest BCUT2D eigenvalue weighted by molar-refractivity contribution is 6.06. The van der Waals surface area contributed by atoms with Gasteiger partial charge in [0.15, 0.2) is 0 Å². The number of nitrogens with zero attached hydrogens (tertiary/aromatic N) is 2. The third-order valence-electron chi connectivity index (χ3n) is 7.85. The van der Waals surface area contributed by atoms with Crippen molar-refractivity contribution >= 4 is 49.3 Å². The number of hydrogen-bond donors (Lipinski definition) is 0. The second-order valence-electron chi connectivity index (χ2n) is 10.2. The number of para-hydroxylation sites is 1. The molecule has 0 saturated heterocycles. The van der Waals surface area contributed by atoms with Crippen LogP contribution in [0.25, 0.3) is 60.6 Å². The number of rotatable bonds is 3. The highest BCUT2D eigenvalue weighted by Crippen LogP contribution is 2.40. The van der Waals surface area contributed by atoms with Crippen molar-refractivity contribution < 1.29 is 4.42 Å². The number of aromatic nitrogens is 2. The Labute approximate surface area is 225 Å². The molecular weight excluding hydrogens is 476 g/mol. The molecule has 3 nitrogen and oxygen atoms in total. The summed E-state index contributed by atoms with van der Waals surface area (Å²) in [5.74, 6) is 0.209. The maximum Gasteiger partial charge on any atom is 0.135 e. The van der Waals surface area contributed by atoms with Gasteiger partial charge in [0.2, 0.25) is 0 Å². The van der Waals surface area contributed by atoms with E-state index in [0.29, 0.717) is 0 Å². The van der Waals surface area contributed by atoms with Crippen LogP contribution in [0, 0.1) is 0 Å². The van der Waals surface area contributed by atoms with Crippen molar-refractivity contribution in [2.45, 2.75) is 12.3 Å². The van der Waals surface area contributed by atoms with Gasteiger partial charge in [-0.15, -0.1) is 0 Å². The molecule has 7 aromatic rings. The van der Waals surface area contributed by atoms with E-state index in [1.165, 1.54) is 11.1 Å². The molecule has 1 aliphatic rings. The van der Waals surface area contributed by atoms with Crippen LogP contribution in [0.3, 0.4) is 0 Å². The van der Waals surface area contributed by atoms with Gasteiger partial charge in [0, 0.05) is 33.0 Å². The molecule has 1 aliphatic carbocycles. The zero-order valence-electron chi connectivity index (χ0n) is 21.2. The van der Waals surface area contributed by atoms with Crippen molar-refractivity contribution in [2.75, 3.05) is 0 Å². The fraction of sp³-hybridized carbons (Fsp3) is 0.0556. The Kier molecular flexibility index (Phi) is 4.95. The van der Waals surface area contributed by atoms with Gasteiger partial charge in [0.1, 0.15) is 11.2 Å². The van der Waals surface area contributed by atoms with Crippen LogP contribution in [0.1, 0.15) is 23.6 Å². The molecule has 4 aromatic carbocycles. The zero-order valence-corrected chi connectivity index (χ0v) is 21.2. The summed E-state index contributed by atoms with van der Waals surface area (Å²) in [7, 11) is 0. The Bertz CT molecular complexity index is 2100. The van der Waals surface area contributed by atoms with E-state index < -0.39 is 0 Å². The summed E-state index contributed by atoms with van der Waals surface area (Å²) in [5, 5.41) is 4.51. The maximum atomic E-state index is 6.09. The van der Waals surface area contributed by atoms with Crippen LogP contribution in [0.15, 0.2) is 132 Å². The van der Waals surface area contributed by atoms with Gasteiger partial charge in [-0.2, -0.15) is 0 Å². The Morgan fingerprint density at radius 1 is 0.615 bits per heavy atom. The summed E-state index contributed by atoms with van der Waals surface area (Å²) in [6.07, 6.45) is 7.54. The number of hydrogen-bond acceptors (Lipinski definition) is 3. The molecule has 3 aromatic heterocycles. The molecule has 0 spiro atoms. The normalized spacial score (nSPS) is 15.4. The highest BCUT2D eigenvalue weighted by atomic mass is 16.3. The summed E-state index contributed by atoms with van der Waals surface area (Å²) in [6.45, 7) is 0. The first-order valence-corrected chi connectivity index (χ1v) is 13.4. The lowest BCUT2D eigenvalue weighted by molar-refractivity contribution is 0.668. The molecule has 0 bridgehead atoms. The van der Waals surface area contributed by atoms with Gasteiger partial charge in [0.05, 0.1) is 22.4 Å². The number of fused-ring (bicyclic) bond motifs is 6. The Morgan fingerprint density at radius 3 is 2.15 bits per heavy atom. The zero-order chi connectivity index (χ0) is 25.8. The first-order chi connectivity index (χ1) is 19.3. The van der Waals surface area contributed by atoms with E-state index >= 15 is 0 Å². The van der Waals surface area contributed by atoms with Gasteiger partial charge < -0.3 is 4.42 Å². The van der Waals surface area contributed by atoms with E-state index in [2.05, 4.69) is 97.1 Å². The van der Waals surface area contributed by atoms with Gasteiger partial charge >= 0.3 is 0 Å².